The molecular formula is C23H20ClN3O2S. The number of nitrogens with one attached hydrogen (secondary N) is 1. The highest BCUT2D eigenvalue weighted by Gasteiger charge is 2.22. The molecule has 0 spiro atoms. The summed E-state index contributed by atoms with van der Waals surface area (Å²) in [6.45, 7) is 5.59. The van der Waals surface area contributed by atoms with Crippen molar-refractivity contribution in [2.24, 2.45) is 0 Å². The quantitative estimate of drug-likeness (QED) is 0.452. The molecule has 0 aliphatic heterocycles. The summed E-state index contributed by atoms with van der Waals surface area (Å²) in [5, 5.41) is 4.06. The molecule has 1 N–H and O–H groups in total. The molecule has 2 aromatic carbocycles. The molecule has 0 saturated heterocycles. The number of amides is 1. The third kappa shape index (κ3) is 3.64. The highest BCUT2D eigenvalue weighted by atomic mass is 35.5. The SMILES string of the molecule is Cc1ccccc1NC(=O)C(C)n1cnc2sc(C)c(-c3ccc(Cl)cc3)c2c1=O. The molecule has 0 aliphatic rings. The Bertz CT molecular complexity index is 1310. The molecule has 0 radical (unpaired) electrons. The van der Waals surface area contributed by atoms with Crippen LogP contribution in [0.5, 0.6) is 0 Å². The molecule has 1 atom stereocenters. The Hall–Kier alpha value is -2.96. The Balaban J connectivity index is 1.77. The first-order chi connectivity index (χ1) is 14.4. The van der Waals surface area contributed by atoms with Crippen LogP contribution in [-0.4, -0.2) is 15.5 Å². The van der Waals surface area contributed by atoms with E-state index < -0.39 is 6.04 Å². The van der Waals surface area contributed by atoms with Gasteiger partial charge in [0.15, 0.2) is 0 Å². The molecule has 1 unspecified atom stereocenters. The van der Waals surface area contributed by atoms with Crippen molar-refractivity contribution in [3.8, 4) is 11.1 Å². The molecule has 4 rings (SSSR count). The summed E-state index contributed by atoms with van der Waals surface area (Å²) in [7, 11) is 0. The van der Waals surface area contributed by atoms with Gasteiger partial charge in [-0.1, -0.05) is 41.9 Å². The fourth-order valence-electron chi connectivity index (χ4n) is 3.43. The molecule has 7 heteroatoms. The lowest BCUT2D eigenvalue weighted by Crippen LogP contribution is -2.31. The first-order valence-corrected chi connectivity index (χ1v) is 10.7. The normalized spacial score (nSPS) is 12.1. The molecule has 0 aliphatic carbocycles. The Morgan fingerprint density at radius 2 is 1.83 bits per heavy atom. The predicted octanol–water partition coefficient (Wildman–Crippen LogP) is 5.59. The number of carbonyl (C=O) groups is 1. The molecule has 0 bridgehead atoms. The first kappa shape index (κ1) is 20.3. The van der Waals surface area contributed by atoms with Gasteiger partial charge in [0.1, 0.15) is 10.9 Å². The van der Waals surface area contributed by atoms with Crippen molar-refractivity contribution in [2.45, 2.75) is 26.8 Å². The summed E-state index contributed by atoms with van der Waals surface area (Å²) in [6.07, 6.45) is 1.45. The van der Waals surface area contributed by atoms with Crippen LogP contribution in [0.3, 0.4) is 0 Å². The minimum atomic E-state index is -0.715. The number of anilines is 1. The van der Waals surface area contributed by atoms with Crippen molar-refractivity contribution in [2.75, 3.05) is 5.32 Å². The van der Waals surface area contributed by atoms with E-state index >= 15 is 0 Å². The number of thiophene rings is 1. The number of aromatic nitrogens is 2. The number of carbonyl (C=O) groups excluding carboxylic acids is 1. The number of benzene rings is 2. The van der Waals surface area contributed by atoms with Crippen LogP contribution < -0.4 is 10.9 Å². The van der Waals surface area contributed by atoms with Crippen molar-refractivity contribution in [3.05, 3.63) is 80.7 Å². The highest BCUT2D eigenvalue weighted by Crippen LogP contribution is 2.36. The largest absolute Gasteiger partial charge is 0.324 e. The van der Waals surface area contributed by atoms with Gasteiger partial charge in [-0.25, -0.2) is 4.98 Å². The summed E-state index contributed by atoms with van der Waals surface area (Å²) in [4.78, 5) is 32.4. The number of nitrogens with zero attached hydrogens (tertiary/aromatic N) is 2. The second-order valence-corrected chi connectivity index (χ2v) is 8.80. The Morgan fingerprint density at radius 3 is 2.53 bits per heavy atom. The van der Waals surface area contributed by atoms with Crippen LogP contribution in [-0.2, 0) is 4.79 Å². The average molecular weight is 438 g/mol. The topological polar surface area (TPSA) is 64.0 Å². The van der Waals surface area contributed by atoms with Crippen LogP contribution in [0, 0.1) is 13.8 Å². The van der Waals surface area contributed by atoms with Crippen LogP contribution in [0.1, 0.15) is 23.4 Å². The minimum Gasteiger partial charge on any atom is -0.324 e. The van der Waals surface area contributed by atoms with E-state index in [-0.39, 0.29) is 11.5 Å². The molecule has 152 valence electrons. The molecule has 0 saturated carbocycles. The van der Waals surface area contributed by atoms with Crippen molar-refractivity contribution in [1.82, 2.24) is 9.55 Å². The van der Waals surface area contributed by atoms with E-state index in [2.05, 4.69) is 10.3 Å². The maximum Gasteiger partial charge on any atom is 0.263 e. The number of hydrogen-bond donors (Lipinski definition) is 1. The van der Waals surface area contributed by atoms with Gasteiger partial charge in [-0.15, -0.1) is 11.3 Å². The van der Waals surface area contributed by atoms with Crippen molar-refractivity contribution in [1.29, 1.82) is 0 Å². The van der Waals surface area contributed by atoms with Gasteiger partial charge in [-0.2, -0.15) is 0 Å². The minimum absolute atomic E-state index is 0.235. The summed E-state index contributed by atoms with van der Waals surface area (Å²) < 4.78 is 1.39. The van der Waals surface area contributed by atoms with Crippen molar-refractivity contribution >= 4 is 44.7 Å². The zero-order chi connectivity index (χ0) is 21.4. The van der Waals surface area contributed by atoms with E-state index in [1.807, 2.05) is 50.2 Å². The zero-order valence-corrected chi connectivity index (χ0v) is 18.3. The van der Waals surface area contributed by atoms with Gasteiger partial charge in [0, 0.05) is 21.2 Å². The molecule has 2 aromatic heterocycles. The van der Waals surface area contributed by atoms with E-state index in [1.54, 1.807) is 19.1 Å². The third-order valence-corrected chi connectivity index (χ3v) is 6.41. The van der Waals surface area contributed by atoms with Gasteiger partial charge in [0.05, 0.1) is 11.7 Å². The third-order valence-electron chi connectivity index (χ3n) is 5.15. The Labute approximate surface area is 183 Å². The van der Waals surface area contributed by atoms with Crippen molar-refractivity contribution < 1.29 is 4.79 Å². The number of halogens is 1. The lowest BCUT2D eigenvalue weighted by Gasteiger charge is -2.16. The van der Waals surface area contributed by atoms with Crippen LogP contribution in [0.2, 0.25) is 5.02 Å². The van der Waals surface area contributed by atoms with Crippen molar-refractivity contribution in [3.63, 3.8) is 0 Å². The van der Waals surface area contributed by atoms with E-state index in [0.717, 1.165) is 27.3 Å². The van der Waals surface area contributed by atoms with Crippen LogP contribution in [0.15, 0.2) is 59.7 Å². The molecule has 5 nitrogen and oxygen atoms in total. The first-order valence-electron chi connectivity index (χ1n) is 9.49. The molecular weight excluding hydrogens is 418 g/mol. The van der Waals surface area contributed by atoms with Gasteiger partial charge in [0.2, 0.25) is 5.91 Å². The van der Waals surface area contributed by atoms with Gasteiger partial charge >= 0.3 is 0 Å². The number of hydrogen-bond acceptors (Lipinski definition) is 4. The number of rotatable bonds is 4. The van der Waals surface area contributed by atoms with E-state index in [0.29, 0.717) is 15.2 Å². The number of fused-ring (bicyclic) bond motifs is 1. The lowest BCUT2D eigenvalue weighted by atomic mass is 10.0. The fraction of sp³-hybridized carbons (Fsp3) is 0.174. The summed E-state index contributed by atoms with van der Waals surface area (Å²) in [6, 6.07) is 14.2. The molecule has 4 aromatic rings. The summed E-state index contributed by atoms with van der Waals surface area (Å²) in [5.41, 5.74) is 3.19. The summed E-state index contributed by atoms with van der Waals surface area (Å²) >= 11 is 7.49. The molecule has 30 heavy (non-hydrogen) atoms. The van der Waals surface area contributed by atoms with Crippen LogP contribution >= 0.6 is 22.9 Å². The second-order valence-electron chi connectivity index (χ2n) is 7.16. The van der Waals surface area contributed by atoms with Gasteiger partial charge < -0.3 is 5.32 Å². The fourth-order valence-corrected chi connectivity index (χ4v) is 4.56. The van der Waals surface area contributed by atoms with Gasteiger partial charge in [-0.05, 0) is 50.1 Å². The number of para-hydroxylation sites is 1. The molecule has 1 amide bonds. The average Bonchev–Trinajstić information content (AvgIpc) is 3.07. The lowest BCUT2D eigenvalue weighted by molar-refractivity contribution is -0.118. The monoisotopic (exact) mass is 437 g/mol. The highest BCUT2D eigenvalue weighted by molar-refractivity contribution is 7.19. The Kier molecular flexibility index (Phi) is 5.45. The van der Waals surface area contributed by atoms with Crippen LogP contribution in [0.4, 0.5) is 5.69 Å². The maximum absolute atomic E-state index is 13.4. The van der Waals surface area contributed by atoms with Crippen LogP contribution in [0.25, 0.3) is 21.3 Å². The van der Waals surface area contributed by atoms with Gasteiger partial charge in [0.25, 0.3) is 5.56 Å². The molecule has 2 heterocycles. The molecule has 0 fully saturated rings. The maximum atomic E-state index is 13.4. The Morgan fingerprint density at radius 1 is 1.13 bits per heavy atom. The van der Waals surface area contributed by atoms with E-state index in [1.165, 1.54) is 22.2 Å². The van der Waals surface area contributed by atoms with E-state index in [9.17, 15) is 9.59 Å². The van der Waals surface area contributed by atoms with E-state index in [4.69, 9.17) is 11.6 Å². The van der Waals surface area contributed by atoms with Gasteiger partial charge in [-0.3, -0.25) is 14.2 Å². The predicted molar refractivity (Wildman–Crippen MR) is 124 cm³/mol. The summed E-state index contributed by atoms with van der Waals surface area (Å²) in [5.74, 6) is -0.271. The standard InChI is InChI=1S/C23H20ClN3O2S/c1-13-6-4-5-7-18(13)26-21(28)14(2)27-12-25-22-20(23(27)29)19(15(3)30-22)16-8-10-17(24)11-9-16/h4-12,14H,1-3H3,(H,26,28). The second kappa shape index (κ2) is 8.05. The zero-order valence-electron chi connectivity index (χ0n) is 16.8. The smallest absolute Gasteiger partial charge is 0.263 e. The number of aryl methyl sites for hydroxylation is 2.